The minimum Gasteiger partial charge on any atom is -0.507 e. The van der Waals surface area contributed by atoms with Gasteiger partial charge in [-0.1, -0.05) is 41.4 Å². The number of benzene rings is 3. The van der Waals surface area contributed by atoms with Crippen molar-refractivity contribution in [3.8, 4) is 11.5 Å². The second kappa shape index (κ2) is 10.2. The van der Waals surface area contributed by atoms with Crippen LogP contribution >= 0.6 is 11.6 Å². The molecule has 1 aliphatic heterocycles. The number of anilines is 1. The van der Waals surface area contributed by atoms with Gasteiger partial charge in [0.25, 0.3) is 11.7 Å². The molecule has 3 aromatic carbocycles. The molecule has 6 nitrogen and oxygen atoms in total. The summed E-state index contributed by atoms with van der Waals surface area (Å²) in [7, 11) is 0. The Hall–Kier alpha value is -3.77. The molecule has 0 aromatic heterocycles. The normalized spacial score (nSPS) is 17.0. The molecule has 0 spiro atoms. The molecule has 0 bridgehead atoms. The number of aliphatic hydroxyl groups excluding tert-OH is 1. The fourth-order valence-electron chi connectivity index (χ4n) is 4.12. The van der Waals surface area contributed by atoms with E-state index in [9.17, 15) is 14.7 Å². The van der Waals surface area contributed by atoms with Crippen molar-refractivity contribution < 1.29 is 24.2 Å². The van der Waals surface area contributed by atoms with Crippen LogP contribution in [0.5, 0.6) is 11.5 Å². The number of carbonyl (C=O) groups excluding carboxylic acids is 2. The summed E-state index contributed by atoms with van der Waals surface area (Å²) in [5.74, 6) is -0.727. The first kappa shape index (κ1) is 24.4. The number of halogens is 1. The fraction of sp³-hybridized carbons (Fsp3) is 0.214. The Bertz CT molecular complexity index is 1280. The van der Waals surface area contributed by atoms with Crippen LogP contribution in [0, 0.1) is 6.92 Å². The number of hydrogen-bond acceptors (Lipinski definition) is 5. The SMILES string of the molecule is CCOc1ccc(C2/C(=C(\O)c3cc(OCC)ccc3Cl)C(=O)C(=O)N2c2ccc(C)cc2)cc1. The van der Waals surface area contributed by atoms with Gasteiger partial charge in [0.05, 0.1) is 29.9 Å². The van der Waals surface area contributed by atoms with Gasteiger partial charge in [-0.2, -0.15) is 0 Å². The van der Waals surface area contributed by atoms with E-state index in [4.69, 9.17) is 21.1 Å². The van der Waals surface area contributed by atoms with E-state index in [0.717, 1.165) is 5.56 Å². The Morgan fingerprint density at radius 3 is 2.14 bits per heavy atom. The summed E-state index contributed by atoms with van der Waals surface area (Å²) < 4.78 is 11.1. The highest BCUT2D eigenvalue weighted by Gasteiger charge is 2.47. The molecule has 0 aliphatic carbocycles. The van der Waals surface area contributed by atoms with Gasteiger partial charge >= 0.3 is 0 Å². The van der Waals surface area contributed by atoms with Gasteiger partial charge in [0.2, 0.25) is 0 Å². The number of rotatable bonds is 7. The maximum absolute atomic E-state index is 13.3. The van der Waals surface area contributed by atoms with Gasteiger partial charge in [-0.05, 0) is 68.8 Å². The van der Waals surface area contributed by atoms with Crippen LogP contribution in [0.4, 0.5) is 5.69 Å². The number of aliphatic hydroxyl groups is 1. The average Bonchev–Trinajstić information content (AvgIpc) is 3.12. The Labute approximate surface area is 209 Å². The molecule has 0 saturated carbocycles. The van der Waals surface area contributed by atoms with Gasteiger partial charge in [0, 0.05) is 11.3 Å². The summed E-state index contributed by atoms with van der Waals surface area (Å²) in [6.07, 6.45) is 0. The van der Waals surface area contributed by atoms with Gasteiger partial charge < -0.3 is 14.6 Å². The number of Topliss-reactive ketones (excluding diaryl/α,β-unsaturated/α-hetero) is 1. The van der Waals surface area contributed by atoms with Crippen molar-refractivity contribution in [2.75, 3.05) is 18.1 Å². The van der Waals surface area contributed by atoms with Crippen LogP contribution in [0.15, 0.2) is 72.3 Å². The second-order valence-electron chi connectivity index (χ2n) is 8.08. The number of ether oxygens (including phenoxy) is 2. The third kappa shape index (κ3) is 4.75. The average molecular weight is 492 g/mol. The third-order valence-electron chi connectivity index (χ3n) is 5.77. The first-order chi connectivity index (χ1) is 16.8. The minimum atomic E-state index is -0.861. The zero-order valence-corrected chi connectivity index (χ0v) is 20.5. The summed E-state index contributed by atoms with van der Waals surface area (Å²) in [6, 6.07) is 18.4. The Kier molecular flexibility index (Phi) is 7.12. The van der Waals surface area contributed by atoms with Crippen LogP contribution in [0.25, 0.3) is 5.76 Å². The van der Waals surface area contributed by atoms with Crippen LogP contribution in [0.1, 0.15) is 36.6 Å². The second-order valence-corrected chi connectivity index (χ2v) is 8.49. The number of aryl methyl sites for hydroxylation is 1. The van der Waals surface area contributed by atoms with Crippen LogP contribution in [0.3, 0.4) is 0 Å². The molecule has 1 saturated heterocycles. The van der Waals surface area contributed by atoms with E-state index >= 15 is 0 Å². The lowest BCUT2D eigenvalue weighted by Crippen LogP contribution is -2.29. The third-order valence-corrected chi connectivity index (χ3v) is 6.10. The molecular weight excluding hydrogens is 466 g/mol. The maximum atomic E-state index is 13.3. The van der Waals surface area contributed by atoms with Crippen molar-refractivity contribution in [2.45, 2.75) is 26.8 Å². The maximum Gasteiger partial charge on any atom is 0.300 e. The summed E-state index contributed by atoms with van der Waals surface area (Å²) in [5.41, 5.74) is 2.38. The van der Waals surface area contributed by atoms with Crippen molar-refractivity contribution in [3.63, 3.8) is 0 Å². The monoisotopic (exact) mass is 491 g/mol. The number of ketones is 1. The van der Waals surface area contributed by atoms with Crippen LogP contribution in [0.2, 0.25) is 5.02 Å². The van der Waals surface area contributed by atoms with E-state index in [1.165, 1.54) is 4.90 Å². The van der Waals surface area contributed by atoms with Gasteiger partial charge in [-0.15, -0.1) is 0 Å². The van der Waals surface area contributed by atoms with Crippen molar-refractivity contribution >= 4 is 34.7 Å². The fourth-order valence-corrected chi connectivity index (χ4v) is 4.33. The summed E-state index contributed by atoms with van der Waals surface area (Å²) in [4.78, 5) is 28.0. The van der Waals surface area contributed by atoms with Gasteiger partial charge in [0.15, 0.2) is 0 Å². The van der Waals surface area contributed by atoms with E-state index in [1.807, 2.05) is 32.9 Å². The molecule has 1 N–H and O–H groups in total. The predicted molar refractivity (Wildman–Crippen MR) is 136 cm³/mol. The predicted octanol–water partition coefficient (Wildman–Crippen LogP) is 6.07. The smallest absolute Gasteiger partial charge is 0.300 e. The molecule has 1 aliphatic rings. The molecular formula is C28H26ClNO5. The zero-order valence-electron chi connectivity index (χ0n) is 19.7. The molecule has 180 valence electrons. The topological polar surface area (TPSA) is 76.1 Å². The van der Waals surface area contributed by atoms with Crippen LogP contribution in [-0.4, -0.2) is 30.0 Å². The standard InChI is InChI=1S/C28H26ClNO5/c1-4-34-20-12-8-18(9-13-20)25-24(26(31)22-16-21(35-5-2)14-15-23(22)29)27(32)28(33)30(25)19-10-6-17(3)7-11-19/h6-16,25,31H,4-5H2,1-3H3/b26-24+. The molecule has 0 radical (unpaired) electrons. The van der Waals surface area contributed by atoms with Crippen molar-refractivity contribution in [1.82, 2.24) is 0 Å². The van der Waals surface area contributed by atoms with E-state index in [-0.39, 0.29) is 21.9 Å². The summed E-state index contributed by atoms with van der Waals surface area (Å²) in [6.45, 7) is 6.60. The highest BCUT2D eigenvalue weighted by Crippen LogP contribution is 2.43. The number of nitrogens with zero attached hydrogens (tertiary/aromatic N) is 1. The molecule has 1 unspecified atom stereocenters. The lowest BCUT2D eigenvalue weighted by atomic mass is 9.95. The largest absolute Gasteiger partial charge is 0.507 e. The number of hydrogen-bond donors (Lipinski definition) is 1. The van der Waals surface area contributed by atoms with Crippen LogP contribution in [-0.2, 0) is 9.59 Å². The minimum absolute atomic E-state index is 0.0460. The Balaban J connectivity index is 1.92. The molecule has 3 aromatic rings. The molecule has 1 amide bonds. The van der Waals surface area contributed by atoms with E-state index < -0.39 is 17.7 Å². The highest BCUT2D eigenvalue weighted by molar-refractivity contribution is 6.52. The van der Waals surface area contributed by atoms with E-state index in [0.29, 0.717) is 36.0 Å². The van der Waals surface area contributed by atoms with E-state index in [2.05, 4.69) is 0 Å². The quantitative estimate of drug-likeness (QED) is 0.246. The molecule has 1 heterocycles. The Morgan fingerprint density at radius 2 is 1.51 bits per heavy atom. The highest BCUT2D eigenvalue weighted by atomic mass is 35.5. The van der Waals surface area contributed by atoms with Gasteiger partial charge in [-0.25, -0.2) is 0 Å². The number of carbonyl (C=O) groups is 2. The summed E-state index contributed by atoms with van der Waals surface area (Å²) >= 11 is 6.40. The first-order valence-corrected chi connectivity index (χ1v) is 11.8. The molecule has 1 atom stereocenters. The zero-order chi connectivity index (χ0) is 25.1. The van der Waals surface area contributed by atoms with Gasteiger partial charge in [0.1, 0.15) is 17.3 Å². The molecule has 1 fully saturated rings. The lowest BCUT2D eigenvalue weighted by Gasteiger charge is -2.26. The molecule has 4 rings (SSSR count). The van der Waals surface area contributed by atoms with Gasteiger partial charge in [-0.3, -0.25) is 14.5 Å². The number of amides is 1. The lowest BCUT2D eigenvalue weighted by molar-refractivity contribution is -0.132. The summed E-state index contributed by atoms with van der Waals surface area (Å²) in [5, 5.41) is 11.6. The van der Waals surface area contributed by atoms with Crippen molar-refractivity contribution in [3.05, 3.63) is 94.0 Å². The molecule has 7 heteroatoms. The van der Waals surface area contributed by atoms with Crippen LogP contribution < -0.4 is 14.4 Å². The van der Waals surface area contributed by atoms with E-state index in [1.54, 1.807) is 54.6 Å². The Morgan fingerprint density at radius 1 is 0.914 bits per heavy atom. The molecule has 35 heavy (non-hydrogen) atoms. The van der Waals surface area contributed by atoms with Crippen molar-refractivity contribution in [2.24, 2.45) is 0 Å². The first-order valence-electron chi connectivity index (χ1n) is 11.4. The van der Waals surface area contributed by atoms with Crippen molar-refractivity contribution in [1.29, 1.82) is 0 Å².